The van der Waals surface area contributed by atoms with Gasteiger partial charge in [0, 0.05) is 22.8 Å². The van der Waals surface area contributed by atoms with Gasteiger partial charge in [0.05, 0.1) is 5.56 Å². The van der Waals surface area contributed by atoms with Crippen LogP contribution < -0.4 is 15.8 Å². The van der Waals surface area contributed by atoms with E-state index in [1.54, 1.807) is 18.2 Å². The average molecular weight is 712 g/mol. The summed E-state index contributed by atoms with van der Waals surface area (Å²) in [6.45, 7) is -0.180. The predicted octanol–water partition coefficient (Wildman–Crippen LogP) is 2.88. The fraction of sp³-hybridized carbons (Fsp3) is 0.179. The summed E-state index contributed by atoms with van der Waals surface area (Å²) in [4.78, 5) is 69.7. The Morgan fingerprint density at radius 1 is 1.10 bits per heavy atom. The number of halogens is 4. The smallest absolute Gasteiger partial charge is 0.489 e. The highest BCUT2D eigenvalue weighted by atomic mass is 32.2. The van der Waals surface area contributed by atoms with E-state index in [9.17, 15) is 41.8 Å². The first kappa shape index (κ1) is 35.4. The number of carbonyl (C=O) groups excluding carboxylic acids is 3. The summed E-state index contributed by atoms with van der Waals surface area (Å²) in [5.41, 5.74) is 5.57. The molecule has 14 nitrogen and oxygen atoms in total. The molecular formula is C28H21F4N5O9S2. The molecule has 0 bridgehead atoms. The molecule has 48 heavy (non-hydrogen) atoms. The number of oxime groups is 1. The van der Waals surface area contributed by atoms with E-state index >= 15 is 0 Å². The Morgan fingerprint density at radius 3 is 2.38 bits per heavy atom. The van der Waals surface area contributed by atoms with Crippen molar-refractivity contribution >= 4 is 63.7 Å². The maximum Gasteiger partial charge on any atom is 0.490 e. The van der Waals surface area contributed by atoms with E-state index in [4.69, 9.17) is 25.2 Å². The summed E-state index contributed by atoms with van der Waals surface area (Å²) in [6.07, 6.45) is -5.08. The third-order valence-corrected chi connectivity index (χ3v) is 8.21. The highest BCUT2D eigenvalue weighted by Gasteiger charge is 2.54. The molecule has 2 amide bonds. The van der Waals surface area contributed by atoms with Crippen LogP contribution in [-0.2, 0) is 24.0 Å². The normalized spacial score (nSPS) is 17.3. The van der Waals surface area contributed by atoms with Gasteiger partial charge in [-0.3, -0.25) is 14.5 Å². The van der Waals surface area contributed by atoms with Crippen molar-refractivity contribution in [3.8, 4) is 5.75 Å². The Morgan fingerprint density at radius 2 is 1.79 bits per heavy atom. The number of nitrogens with zero attached hydrogens (tertiary/aromatic N) is 3. The molecule has 1 fully saturated rings. The lowest BCUT2D eigenvalue weighted by Crippen LogP contribution is -2.71. The van der Waals surface area contributed by atoms with Crippen molar-refractivity contribution < 1.29 is 61.3 Å². The molecule has 5 rings (SSSR count). The molecule has 0 spiro atoms. The van der Waals surface area contributed by atoms with Gasteiger partial charge in [-0.1, -0.05) is 29.4 Å². The Balaban J connectivity index is 0.000000671. The summed E-state index contributed by atoms with van der Waals surface area (Å²) in [7, 11) is 0. The highest BCUT2D eigenvalue weighted by molar-refractivity contribution is 8.00. The van der Waals surface area contributed by atoms with Crippen molar-refractivity contribution in [1.29, 1.82) is 0 Å². The highest BCUT2D eigenvalue weighted by Crippen LogP contribution is 2.40. The zero-order valence-corrected chi connectivity index (χ0v) is 25.5. The van der Waals surface area contributed by atoms with Crippen LogP contribution in [0.3, 0.4) is 0 Å². The van der Waals surface area contributed by atoms with Crippen molar-refractivity contribution in [2.45, 2.75) is 17.6 Å². The number of nitrogens with one attached hydrogen (secondary N) is 1. The van der Waals surface area contributed by atoms with E-state index in [2.05, 4.69) is 15.5 Å². The standard InChI is InChI=1S/C26H20FN5O7S2.C2HF3O2/c27-15-7-4-8-16(9-15)38-10-14-11-40-23-19(22(34)32(23)20(14)24(35)36)30-21(33)18(17-12-41-26(28)29-17)31-39-25(37)13-5-2-1-3-6-13;3-2(4,5)1(6)7/h1-9,12,19,23H,10-11H2,(H2,28,29)(H,30,33)(H,35,36);(H,6,7)/b31-18-;/t19?,23-;/m1./s1. The van der Waals surface area contributed by atoms with Gasteiger partial charge in [-0.25, -0.2) is 23.8 Å². The number of anilines is 1. The van der Waals surface area contributed by atoms with E-state index < -0.39 is 58.8 Å². The number of aromatic nitrogens is 1. The molecule has 1 unspecified atom stereocenters. The first-order valence-corrected chi connectivity index (χ1v) is 15.0. The van der Waals surface area contributed by atoms with Crippen molar-refractivity contribution in [3.63, 3.8) is 0 Å². The van der Waals surface area contributed by atoms with E-state index in [1.165, 1.54) is 47.5 Å². The molecule has 252 valence electrons. The number of carbonyl (C=O) groups is 5. The van der Waals surface area contributed by atoms with Gasteiger partial charge in [0.15, 0.2) is 10.8 Å². The number of nitrogen functional groups attached to an aromatic ring is 1. The van der Waals surface area contributed by atoms with Crippen LogP contribution in [0.5, 0.6) is 5.75 Å². The number of β-lactam (4-membered cyclic amide) rings is 1. The summed E-state index contributed by atoms with van der Waals surface area (Å²) in [5, 5.41) is 24.1. The van der Waals surface area contributed by atoms with Crippen molar-refractivity contribution in [3.05, 3.63) is 88.3 Å². The van der Waals surface area contributed by atoms with Gasteiger partial charge in [-0.15, -0.1) is 23.1 Å². The molecule has 0 aliphatic carbocycles. The summed E-state index contributed by atoms with van der Waals surface area (Å²) in [5.74, 6) is -6.61. The third kappa shape index (κ3) is 8.45. The first-order chi connectivity index (χ1) is 22.7. The molecule has 3 aromatic rings. The summed E-state index contributed by atoms with van der Waals surface area (Å²) < 4.78 is 50.8. The Kier molecular flexibility index (Phi) is 11.0. The number of carboxylic acids is 2. The third-order valence-electron chi connectivity index (χ3n) is 6.20. The Bertz CT molecular complexity index is 1800. The van der Waals surface area contributed by atoms with Crippen molar-refractivity contribution in [2.24, 2.45) is 5.16 Å². The molecular weight excluding hydrogens is 690 g/mol. The minimum Gasteiger partial charge on any atom is -0.489 e. The number of benzene rings is 2. The van der Waals surface area contributed by atoms with Crippen LogP contribution in [0.15, 0.2) is 76.4 Å². The number of alkyl halides is 3. The first-order valence-electron chi connectivity index (χ1n) is 13.1. The fourth-order valence-electron chi connectivity index (χ4n) is 4.05. The van der Waals surface area contributed by atoms with Crippen LogP contribution >= 0.6 is 23.1 Å². The second-order valence-corrected chi connectivity index (χ2v) is 11.4. The van der Waals surface area contributed by atoms with E-state index in [-0.39, 0.29) is 40.2 Å². The predicted molar refractivity (Wildman–Crippen MR) is 160 cm³/mol. The number of fused-ring (bicyclic) bond motifs is 1. The second-order valence-electron chi connectivity index (χ2n) is 9.42. The molecule has 3 heterocycles. The van der Waals surface area contributed by atoms with Crippen LogP contribution in [0.25, 0.3) is 0 Å². The number of thiazole rings is 1. The summed E-state index contributed by atoms with van der Waals surface area (Å²) in [6, 6.07) is 12.3. The van der Waals surface area contributed by atoms with Gasteiger partial charge in [-0.05, 0) is 24.3 Å². The van der Waals surface area contributed by atoms with E-state index in [0.717, 1.165) is 22.3 Å². The van der Waals surface area contributed by atoms with Crippen LogP contribution in [0, 0.1) is 5.82 Å². The van der Waals surface area contributed by atoms with E-state index in [0.29, 0.717) is 5.57 Å². The molecule has 2 aliphatic rings. The number of nitrogens with two attached hydrogens (primary N) is 1. The van der Waals surface area contributed by atoms with E-state index in [1.807, 2.05) is 0 Å². The average Bonchev–Trinajstić information content (AvgIpc) is 3.47. The Labute approximate surface area is 274 Å². The van der Waals surface area contributed by atoms with Gasteiger partial charge in [0.2, 0.25) is 0 Å². The fourth-order valence-corrected chi connectivity index (χ4v) is 5.92. The SMILES string of the molecule is Nc1nc(/C(=N/OC(=O)c2ccccc2)C(=O)NC2C(=O)N3C(C(=O)O)=C(COc4cccc(F)c4)CS[C@H]23)cs1.O=C(O)C(F)(F)F. The molecule has 20 heteroatoms. The van der Waals surface area contributed by atoms with Gasteiger partial charge in [-0.2, -0.15) is 13.2 Å². The number of rotatable bonds is 9. The monoisotopic (exact) mass is 711 g/mol. The molecule has 0 saturated carbocycles. The lowest BCUT2D eigenvalue weighted by molar-refractivity contribution is -0.192. The number of thioether (sulfide) groups is 1. The molecule has 0 radical (unpaired) electrons. The maximum absolute atomic E-state index is 13.5. The van der Waals surface area contributed by atoms with Crippen LogP contribution in [0.1, 0.15) is 16.1 Å². The number of hydrogen-bond donors (Lipinski definition) is 4. The zero-order chi connectivity index (χ0) is 35.2. The zero-order valence-electron chi connectivity index (χ0n) is 23.8. The van der Waals surface area contributed by atoms with Crippen LogP contribution in [0.4, 0.5) is 22.7 Å². The van der Waals surface area contributed by atoms with Gasteiger partial charge in [0.25, 0.3) is 11.8 Å². The molecule has 2 aromatic carbocycles. The molecule has 1 aromatic heterocycles. The molecule has 5 N–H and O–H groups in total. The quantitative estimate of drug-likeness (QED) is 0.0830. The van der Waals surface area contributed by atoms with Crippen molar-refractivity contribution in [2.75, 3.05) is 18.1 Å². The Hall–Kier alpha value is -5.50. The van der Waals surface area contributed by atoms with Gasteiger partial charge >= 0.3 is 24.1 Å². The minimum atomic E-state index is -5.08. The maximum atomic E-state index is 13.5. The number of aliphatic carboxylic acids is 2. The van der Waals surface area contributed by atoms with Gasteiger partial charge < -0.3 is 30.8 Å². The molecule has 1 saturated heterocycles. The molecule has 2 aliphatic heterocycles. The largest absolute Gasteiger partial charge is 0.490 e. The van der Waals surface area contributed by atoms with Crippen LogP contribution in [0.2, 0.25) is 0 Å². The van der Waals surface area contributed by atoms with Crippen LogP contribution in [-0.4, -0.2) is 85.5 Å². The van der Waals surface area contributed by atoms with Crippen molar-refractivity contribution in [1.82, 2.24) is 15.2 Å². The number of amides is 2. The number of hydrogen-bond acceptors (Lipinski definition) is 12. The number of ether oxygens (including phenoxy) is 1. The minimum absolute atomic E-state index is 0.0219. The lowest BCUT2D eigenvalue weighted by Gasteiger charge is -2.49. The number of carboxylic acid groups (broad SMARTS) is 2. The molecule has 2 atom stereocenters. The lowest BCUT2D eigenvalue weighted by atomic mass is 10.0. The second kappa shape index (κ2) is 14.9. The van der Waals surface area contributed by atoms with Gasteiger partial charge in [0.1, 0.15) is 41.0 Å². The summed E-state index contributed by atoms with van der Waals surface area (Å²) >= 11 is 2.25. The topological polar surface area (TPSA) is 211 Å².